The Kier molecular flexibility index (Phi) is 3.67. The number of rotatable bonds is 5. The fourth-order valence-corrected chi connectivity index (χ4v) is 3.11. The van der Waals surface area contributed by atoms with Gasteiger partial charge in [0.25, 0.3) is 0 Å². The topological polar surface area (TPSA) is 89.1 Å². The van der Waals surface area contributed by atoms with Crippen LogP contribution in [0, 0.1) is 13.8 Å². The summed E-state index contributed by atoms with van der Waals surface area (Å²) in [6.45, 7) is 3.63. The van der Waals surface area contributed by atoms with Crippen molar-refractivity contribution >= 4 is 17.7 Å². The first-order valence-electron chi connectivity index (χ1n) is 6.71. The lowest BCUT2D eigenvalue weighted by Crippen LogP contribution is -2.05. The molecule has 0 aliphatic heterocycles. The van der Waals surface area contributed by atoms with Crippen molar-refractivity contribution in [2.75, 3.05) is 0 Å². The maximum Gasteiger partial charge on any atom is 0.338 e. The lowest BCUT2D eigenvalue weighted by atomic mass is 10.1. The zero-order chi connectivity index (χ0) is 15.0. The van der Waals surface area contributed by atoms with E-state index < -0.39 is 5.97 Å². The standard InChI is InChI=1S/C14H15N3O3S/c1-7-5-8(2)15-13(11(7)14(18)19)21-6-10-16-12(20-17-10)9-3-4-9/h5,9H,3-4,6H2,1-2H3,(H,18,19). The summed E-state index contributed by atoms with van der Waals surface area (Å²) in [4.78, 5) is 20.0. The number of carboxylic acid groups (broad SMARTS) is 1. The number of aryl methyl sites for hydroxylation is 2. The van der Waals surface area contributed by atoms with Gasteiger partial charge < -0.3 is 9.63 Å². The van der Waals surface area contributed by atoms with Gasteiger partial charge in [0.2, 0.25) is 5.89 Å². The van der Waals surface area contributed by atoms with Gasteiger partial charge in [-0.1, -0.05) is 16.9 Å². The van der Waals surface area contributed by atoms with Gasteiger partial charge in [0.15, 0.2) is 5.82 Å². The Balaban J connectivity index is 1.78. The minimum atomic E-state index is -0.964. The van der Waals surface area contributed by atoms with E-state index in [9.17, 15) is 9.90 Å². The molecule has 0 saturated heterocycles. The van der Waals surface area contributed by atoms with E-state index in [1.54, 1.807) is 13.0 Å². The first-order valence-corrected chi connectivity index (χ1v) is 7.70. The molecule has 0 bridgehead atoms. The van der Waals surface area contributed by atoms with E-state index in [1.807, 2.05) is 6.92 Å². The second-order valence-electron chi connectivity index (χ2n) is 5.18. The molecular weight excluding hydrogens is 290 g/mol. The number of nitrogens with zero attached hydrogens (tertiary/aromatic N) is 3. The Labute approximate surface area is 126 Å². The largest absolute Gasteiger partial charge is 0.478 e. The van der Waals surface area contributed by atoms with Gasteiger partial charge in [-0.3, -0.25) is 0 Å². The van der Waals surface area contributed by atoms with Crippen molar-refractivity contribution in [1.82, 2.24) is 15.1 Å². The average Bonchev–Trinajstić information content (AvgIpc) is 3.14. The Bertz CT molecular complexity index is 695. The van der Waals surface area contributed by atoms with Crippen LogP contribution in [0.25, 0.3) is 0 Å². The summed E-state index contributed by atoms with van der Waals surface area (Å²) in [5.41, 5.74) is 1.76. The summed E-state index contributed by atoms with van der Waals surface area (Å²) in [5.74, 6) is 1.18. The van der Waals surface area contributed by atoms with Crippen molar-refractivity contribution in [3.63, 3.8) is 0 Å². The van der Waals surface area contributed by atoms with E-state index in [0.717, 1.165) is 18.5 Å². The monoisotopic (exact) mass is 305 g/mol. The second kappa shape index (κ2) is 5.48. The molecule has 1 fully saturated rings. The van der Waals surface area contributed by atoms with Crippen molar-refractivity contribution in [2.24, 2.45) is 0 Å². The van der Waals surface area contributed by atoms with Gasteiger partial charge in [0.1, 0.15) is 5.03 Å². The summed E-state index contributed by atoms with van der Waals surface area (Å²) in [7, 11) is 0. The Hall–Kier alpha value is -1.89. The lowest BCUT2D eigenvalue weighted by molar-refractivity contribution is 0.0691. The third-order valence-electron chi connectivity index (χ3n) is 3.27. The highest BCUT2D eigenvalue weighted by Gasteiger charge is 2.29. The van der Waals surface area contributed by atoms with Gasteiger partial charge in [0.05, 0.1) is 11.3 Å². The van der Waals surface area contributed by atoms with E-state index in [4.69, 9.17) is 4.52 Å². The van der Waals surface area contributed by atoms with E-state index in [2.05, 4.69) is 15.1 Å². The third-order valence-corrected chi connectivity index (χ3v) is 4.25. The number of carboxylic acids is 1. The molecule has 1 saturated carbocycles. The maximum absolute atomic E-state index is 11.4. The lowest BCUT2D eigenvalue weighted by Gasteiger charge is -2.08. The average molecular weight is 305 g/mol. The van der Waals surface area contributed by atoms with Crippen molar-refractivity contribution < 1.29 is 14.4 Å². The van der Waals surface area contributed by atoms with Crippen LogP contribution in [-0.2, 0) is 5.75 Å². The van der Waals surface area contributed by atoms with Crippen LogP contribution in [0.1, 0.15) is 52.1 Å². The number of aromatic carboxylic acids is 1. The van der Waals surface area contributed by atoms with Crippen molar-refractivity contribution in [1.29, 1.82) is 0 Å². The van der Waals surface area contributed by atoms with Gasteiger partial charge in [-0.25, -0.2) is 9.78 Å². The molecule has 1 N–H and O–H groups in total. The van der Waals surface area contributed by atoms with Gasteiger partial charge in [0, 0.05) is 11.6 Å². The SMILES string of the molecule is Cc1cc(C)c(C(=O)O)c(SCc2noc(C3CC3)n2)n1. The summed E-state index contributed by atoms with van der Waals surface area (Å²) in [6, 6.07) is 1.77. The van der Waals surface area contributed by atoms with Gasteiger partial charge in [-0.15, -0.1) is 0 Å². The molecule has 110 valence electrons. The normalized spacial score (nSPS) is 14.4. The van der Waals surface area contributed by atoms with E-state index in [0.29, 0.717) is 34.0 Å². The van der Waals surface area contributed by atoms with E-state index in [1.165, 1.54) is 11.8 Å². The second-order valence-corrected chi connectivity index (χ2v) is 6.14. The summed E-state index contributed by atoms with van der Waals surface area (Å²) < 4.78 is 5.19. The molecule has 1 aliphatic carbocycles. The van der Waals surface area contributed by atoms with Crippen LogP contribution in [0.2, 0.25) is 0 Å². The minimum absolute atomic E-state index is 0.247. The molecule has 21 heavy (non-hydrogen) atoms. The Morgan fingerprint density at radius 2 is 2.19 bits per heavy atom. The van der Waals surface area contributed by atoms with Crippen molar-refractivity contribution in [2.45, 2.75) is 43.4 Å². The number of hydrogen-bond acceptors (Lipinski definition) is 6. The van der Waals surface area contributed by atoms with Crippen LogP contribution >= 0.6 is 11.8 Å². The van der Waals surface area contributed by atoms with Gasteiger partial charge in [-0.2, -0.15) is 4.98 Å². The number of hydrogen-bond donors (Lipinski definition) is 1. The molecular formula is C14H15N3O3S. The molecule has 0 aromatic carbocycles. The minimum Gasteiger partial charge on any atom is -0.478 e. The van der Waals surface area contributed by atoms with Crippen LogP contribution in [0.3, 0.4) is 0 Å². The molecule has 2 aromatic heterocycles. The van der Waals surface area contributed by atoms with Crippen LogP contribution in [0.15, 0.2) is 15.6 Å². The number of aromatic nitrogens is 3. The first-order chi connectivity index (χ1) is 10.0. The summed E-state index contributed by atoms with van der Waals surface area (Å²) in [5, 5.41) is 13.7. The van der Waals surface area contributed by atoms with Crippen LogP contribution in [0.4, 0.5) is 0 Å². The summed E-state index contributed by atoms with van der Waals surface area (Å²) >= 11 is 1.33. The van der Waals surface area contributed by atoms with Crippen LogP contribution in [0.5, 0.6) is 0 Å². The molecule has 7 heteroatoms. The predicted molar refractivity (Wildman–Crippen MR) is 76.5 cm³/mol. The number of pyridine rings is 1. The molecule has 6 nitrogen and oxygen atoms in total. The molecule has 3 rings (SSSR count). The highest BCUT2D eigenvalue weighted by Crippen LogP contribution is 2.39. The number of thioether (sulfide) groups is 1. The Morgan fingerprint density at radius 1 is 1.43 bits per heavy atom. The highest BCUT2D eigenvalue weighted by atomic mass is 32.2. The molecule has 2 heterocycles. The van der Waals surface area contributed by atoms with Crippen LogP contribution in [-0.4, -0.2) is 26.2 Å². The predicted octanol–water partition coefficient (Wildman–Crippen LogP) is 2.95. The van der Waals surface area contributed by atoms with Crippen LogP contribution < -0.4 is 0 Å². The summed E-state index contributed by atoms with van der Waals surface area (Å²) in [6.07, 6.45) is 2.22. The molecule has 0 amide bonds. The van der Waals surface area contributed by atoms with E-state index >= 15 is 0 Å². The Morgan fingerprint density at radius 3 is 2.86 bits per heavy atom. The zero-order valence-corrected chi connectivity index (χ0v) is 12.6. The maximum atomic E-state index is 11.4. The molecule has 2 aromatic rings. The number of carbonyl (C=O) groups is 1. The molecule has 0 atom stereocenters. The van der Waals surface area contributed by atoms with E-state index in [-0.39, 0.29) is 5.56 Å². The zero-order valence-electron chi connectivity index (χ0n) is 11.8. The quantitative estimate of drug-likeness (QED) is 0.849. The smallest absolute Gasteiger partial charge is 0.338 e. The fourth-order valence-electron chi connectivity index (χ4n) is 2.12. The van der Waals surface area contributed by atoms with Crippen molar-refractivity contribution in [3.8, 4) is 0 Å². The van der Waals surface area contributed by atoms with Gasteiger partial charge in [-0.05, 0) is 38.3 Å². The molecule has 0 spiro atoms. The van der Waals surface area contributed by atoms with Crippen molar-refractivity contribution in [3.05, 3.63) is 34.6 Å². The third kappa shape index (κ3) is 3.07. The first kappa shape index (κ1) is 14.1. The highest BCUT2D eigenvalue weighted by molar-refractivity contribution is 7.98. The fraction of sp³-hybridized carbons (Fsp3) is 0.429. The molecule has 0 unspecified atom stereocenters. The van der Waals surface area contributed by atoms with Gasteiger partial charge >= 0.3 is 5.97 Å². The molecule has 1 aliphatic rings. The molecule has 0 radical (unpaired) electrons.